The molecule has 0 atom stereocenters. The number of nitrogens with zero attached hydrogens (tertiary/aromatic N) is 1. The van der Waals surface area contributed by atoms with Crippen molar-refractivity contribution in [3.05, 3.63) is 47.0 Å². The molecule has 0 fully saturated rings. The molecule has 1 aromatic carbocycles. The van der Waals surface area contributed by atoms with E-state index in [1.165, 1.54) is 27.0 Å². The molecule has 2 aromatic rings. The molecular formula is C16H19N. The summed E-state index contributed by atoms with van der Waals surface area (Å²) in [4.78, 5) is 0. The highest BCUT2D eigenvalue weighted by Crippen LogP contribution is 2.11. The number of benzene rings is 1. The fraction of sp³-hybridized carbons (Fsp3) is 0.250. The van der Waals surface area contributed by atoms with Gasteiger partial charge in [-0.15, -0.1) is 0 Å². The average molecular weight is 225 g/mol. The molecule has 0 spiro atoms. The predicted octanol–water partition coefficient (Wildman–Crippen LogP) is 2.74. The molecule has 0 amide bonds. The van der Waals surface area contributed by atoms with Crippen molar-refractivity contribution in [1.29, 1.82) is 0 Å². The summed E-state index contributed by atoms with van der Waals surface area (Å²) in [5, 5.41) is 3.90. The number of aromatic nitrogens is 1. The third kappa shape index (κ3) is 1.82. The molecule has 0 N–H and O–H groups in total. The summed E-state index contributed by atoms with van der Waals surface area (Å²) in [5.74, 6) is 0. The molecule has 88 valence electrons. The van der Waals surface area contributed by atoms with Crippen LogP contribution in [0.3, 0.4) is 0 Å². The lowest BCUT2D eigenvalue weighted by molar-refractivity contribution is 0.771. The highest BCUT2D eigenvalue weighted by Gasteiger charge is 2.05. The smallest absolute Gasteiger partial charge is 0.0491 e. The van der Waals surface area contributed by atoms with E-state index in [9.17, 15) is 0 Å². The van der Waals surface area contributed by atoms with Crippen molar-refractivity contribution in [2.24, 2.45) is 0 Å². The summed E-state index contributed by atoms with van der Waals surface area (Å²) < 4.78 is 2.34. The van der Waals surface area contributed by atoms with Gasteiger partial charge in [0.1, 0.15) is 0 Å². The SMILES string of the molecule is C=C/C=c1\c(=C/C)c2cc(C)ccc2n1CC. The van der Waals surface area contributed by atoms with E-state index in [-0.39, 0.29) is 0 Å². The van der Waals surface area contributed by atoms with Crippen molar-refractivity contribution in [2.75, 3.05) is 0 Å². The first kappa shape index (κ1) is 11.7. The highest BCUT2D eigenvalue weighted by molar-refractivity contribution is 5.83. The summed E-state index contributed by atoms with van der Waals surface area (Å²) >= 11 is 0. The van der Waals surface area contributed by atoms with Crippen LogP contribution in [0.5, 0.6) is 0 Å². The molecule has 0 aliphatic carbocycles. The van der Waals surface area contributed by atoms with E-state index >= 15 is 0 Å². The van der Waals surface area contributed by atoms with E-state index in [0.29, 0.717) is 0 Å². The van der Waals surface area contributed by atoms with Crippen molar-refractivity contribution in [1.82, 2.24) is 4.57 Å². The molecule has 1 heterocycles. The second-order valence-corrected chi connectivity index (χ2v) is 4.25. The molecule has 17 heavy (non-hydrogen) atoms. The Hall–Kier alpha value is -1.76. The van der Waals surface area contributed by atoms with Gasteiger partial charge in [0.15, 0.2) is 0 Å². The van der Waals surface area contributed by atoms with Gasteiger partial charge in [-0.3, -0.25) is 0 Å². The van der Waals surface area contributed by atoms with Crippen LogP contribution in [-0.4, -0.2) is 4.57 Å². The number of hydrogen-bond acceptors (Lipinski definition) is 0. The lowest BCUT2D eigenvalue weighted by Crippen LogP contribution is -2.28. The van der Waals surface area contributed by atoms with Gasteiger partial charge < -0.3 is 4.57 Å². The zero-order chi connectivity index (χ0) is 12.4. The van der Waals surface area contributed by atoms with E-state index < -0.39 is 0 Å². The maximum absolute atomic E-state index is 3.81. The van der Waals surface area contributed by atoms with Crippen LogP contribution in [0.1, 0.15) is 19.4 Å². The van der Waals surface area contributed by atoms with Gasteiger partial charge in [-0.2, -0.15) is 0 Å². The third-order valence-electron chi connectivity index (χ3n) is 3.18. The second-order valence-electron chi connectivity index (χ2n) is 4.25. The number of rotatable bonds is 2. The Kier molecular flexibility index (Phi) is 3.19. The largest absolute Gasteiger partial charge is 0.341 e. The number of fused-ring (bicyclic) bond motifs is 1. The Bertz CT molecular complexity index is 672. The Morgan fingerprint density at radius 3 is 2.71 bits per heavy atom. The van der Waals surface area contributed by atoms with Gasteiger partial charge in [0.2, 0.25) is 0 Å². The Labute approximate surface area is 102 Å². The van der Waals surface area contributed by atoms with E-state index in [4.69, 9.17) is 0 Å². The maximum atomic E-state index is 3.81. The Morgan fingerprint density at radius 2 is 2.12 bits per heavy atom. The molecule has 1 nitrogen and oxygen atoms in total. The lowest BCUT2D eigenvalue weighted by atomic mass is 10.1. The van der Waals surface area contributed by atoms with E-state index in [0.717, 1.165) is 6.54 Å². The molecule has 0 aliphatic heterocycles. The van der Waals surface area contributed by atoms with Gasteiger partial charge in [0.05, 0.1) is 0 Å². The summed E-state index contributed by atoms with van der Waals surface area (Å²) in [7, 11) is 0. The van der Waals surface area contributed by atoms with Gasteiger partial charge in [-0.1, -0.05) is 30.4 Å². The van der Waals surface area contributed by atoms with Crippen LogP contribution in [0.2, 0.25) is 0 Å². The average Bonchev–Trinajstić information content (AvgIpc) is 2.61. The molecule has 0 saturated heterocycles. The zero-order valence-corrected chi connectivity index (χ0v) is 10.8. The van der Waals surface area contributed by atoms with Crippen molar-refractivity contribution in [3.63, 3.8) is 0 Å². The molecule has 1 heteroatoms. The van der Waals surface area contributed by atoms with Gasteiger partial charge >= 0.3 is 0 Å². The number of hydrogen-bond donors (Lipinski definition) is 0. The van der Waals surface area contributed by atoms with E-state index in [1.807, 2.05) is 6.08 Å². The van der Waals surface area contributed by atoms with Crippen LogP contribution in [0.4, 0.5) is 0 Å². The van der Waals surface area contributed by atoms with Crippen LogP contribution in [0.25, 0.3) is 23.1 Å². The van der Waals surface area contributed by atoms with Crippen molar-refractivity contribution in [3.8, 4) is 0 Å². The quantitative estimate of drug-likeness (QED) is 0.740. The maximum Gasteiger partial charge on any atom is 0.0491 e. The van der Waals surface area contributed by atoms with E-state index in [2.05, 4.69) is 62.3 Å². The van der Waals surface area contributed by atoms with Crippen LogP contribution >= 0.6 is 0 Å². The summed E-state index contributed by atoms with van der Waals surface area (Å²) in [6, 6.07) is 6.64. The first-order valence-corrected chi connectivity index (χ1v) is 6.10. The molecule has 0 aliphatic rings. The first-order chi connectivity index (χ1) is 8.22. The standard InChI is InChI=1S/C16H19N/c1-5-8-15-13(6-2)14-11-12(4)9-10-16(14)17(15)7-3/h5-6,8-11H,1,7H2,2-4H3/b13-6-,15-8+. The van der Waals surface area contributed by atoms with E-state index in [1.54, 1.807) is 0 Å². The molecule has 1 aromatic heterocycles. The molecule has 0 saturated carbocycles. The monoisotopic (exact) mass is 225 g/mol. The van der Waals surface area contributed by atoms with Crippen LogP contribution in [-0.2, 0) is 6.54 Å². The van der Waals surface area contributed by atoms with Gasteiger partial charge in [0, 0.05) is 28.0 Å². The van der Waals surface area contributed by atoms with Crippen LogP contribution < -0.4 is 10.6 Å². The fourth-order valence-electron chi connectivity index (χ4n) is 2.45. The number of allylic oxidation sites excluding steroid dienone is 1. The molecule has 2 rings (SSSR count). The van der Waals surface area contributed by atoms with Gasteiger partial charge in [-0.05, 0) is 39.0 Å². The molecule has 0 unspecified atom stereocenters. The minimum absolute atomic E-state index is 0.979. The third-order valence-corrected chi connectivity index (χ3v) is 3.18. The van der Waals surface area contributed by atoms with Crippen molar-refractivity contribution < 1.29 is 0 Å². The zero-order valence-electron chi connectivity index (χ0n) is 10.8. The minimum Gasteiger partial charge on any atom is -0.341 e. The van der Waals surface area contributed by atoms with Crippen molar-refractivity contribution >= 4 is 23.1 Å². The fourth-order valence-corrected chi connectivity index (χ4v) is 2.45. The van der Waals surface area contributed by atoms with Crippen molar-refractivity contribution in [2.45, 2.75) is 27.3 Å². The van der Waals surface area contributed by atoms with Crippen LogP contribution in [0, 0.1) is 6.92 Å². The second kappa shape index (κ2) is 4.62. The summed E-state index contributed by atoms with van der Waals surface area (Å²) in [6.07, 6.45) is 6.14. The van der Waals surface area contributed by atoms with Crippen LogP contribution in [0.15, 0.2) is 30.9 Å². The highest BCUT2D eigenvalue weighted by atomic mass is 15.0. The molecule has 0 radical (unpaired) electrons. The molecular weight excluding hydrogens is 206 g/mol. The Balaban J connectivity index is 3.09. The van der Waals surface area contributed by atoms with Gasteiger partial charge in [-0.25, -0.2) is 0 Å². The molecule has 0 bridgehead atoms. The minimum atomic E-state index is 0.979. The van der Waals surface area contributed by atoms with Gasteiger partial charge in [0.25, 0.3) is 0 Å². The summed E-state index contributed by atoms with van der Waals surface area (Å²) in [5.41, 5.74) is 2.61. The number of aryl methyl sites for hydroxylation is 2. The summed E-state index contributed by atoms with van der Waals surface area (Å²) in [6.45, 7) is 11.2. The lowest BCUT2D eigenvalue weighted by Gasteiger charge is -2.01. The normalized spacial score (nSPS) is 13.6. The first-order valence-electron chi connectivity index (χ1n) is 6.10. The predicted molar refractivity (Wildman–Crippen MR) is 76.4 cm³/mol. The Morgan fingerprint density at radius 1 is 1.35 bits per heavy atom. The topological polar surface area (TPSA) is 4.93 Å².